The molecule has 0 atom stereocenters. The summed E-state index contributed by atoms with van der Waals surface area (Å²) in [4.78, 5) is 15.2. The van der Waals surface area contributed by atoms with Gasteiger partial charge in [0.1, 0.15) is 0 Å². The summed E-state index contributed by atoms with van der Waals surface area (Å²) < 4.78 is 26.9. The van der Waals surface area contributed by atoms with E-state index in [2.05, 4.69) is 10.2 Å². The van der Waals surface area contributed by atoms with E-state index in [1.807, 2.05) is 6.92 Å². The van der Waals surface area contributed by atoms with Crippen LogP contribution < -0.4 is 5.32 Å². The number of amides is 1. The van der Waals surface area contributed by atoms with Crippen LogP contribution in [0.25, 0.3) is 0 Å². The Labute approximate surface area is 156 Å². The smallest absolute Gasteiger partial charge is 0.251 e. The van der Waals surface area contributed by atoms with Gasteiger partial charge >= 0.3 is 0 Å². The molecule has 1 amide bonds. The van der Waals surface area contributed by atoms with Crippen molar-refractivity contribution in [3.63, 3.8) is 0 Å². The van der Waals surface area contributed by atoms with Crippen LogP contribution in [0.1, 0.15) is 48.0 Å². The molecule has 1 N–H and O–H groups in total. The Morgan fingerprint density at radius 2 is 1.73 bits per heavy atom. The van der Waals surface area contributed by atoms with E-state index in [4.69, 9.17) is 0 Å². The predicted octanol–water partition coefficient (Wildman–Crippen LogP) is 2.00. The van der Waals surface area contributed by atoms with E-state index in [1.165, 1.54) is 23.2 Å². The van der Waals surface area contributed by atoms with Gasteiger partial charge in [0, 0.05) is 25.2 Å². The third kappa shape index (κ3) is 4.45. The fraction of sp³-hybridized carbons (Fsp3) is 0.632. The molecular weight excluding hydrogens is 350 g/mol. The van der Waals surface area contributed by atoms with Crippen LogP contribution in [0.5, 0.6) is 0 Å². The summed E-state index contributed by atoms with van der Waals surface area (Å²) in [5.41, 5.74) is 1.24. The lowest BCUT2D eigenvalue weighted by Gasteiger charge is -2.17. The first-order chi connectivity index (χ1) is 12.5. The van der Waals surface area contributed by atoms with Crippen molar-refractivity contribution >= 4 is 15.9 Å². The molecule has 144 valence electrons. The highest BCUT2D eigenvalue weighted by molar-refractivity contribution is 7.89. The highest BCUT2D eigenvalue weighted by atomic mass is 32.2. The molecule has 2 heterocycles. The van der Waals surface area contributed by atoms with E-state index in [-0.39, 0.29) is 10.8 Å². The summed E-state index contributed by atoms with van der Waals surface area (Å²) in [5.74, 6) is -0.192. The quantitative estimate of drug-likeness (QED) is 0.736. The zero-order chi connectivity index (χ0) is 18.6. The Kier molecular flexibility index (Phi) is 6.32. The van der Waals surface area contributed by atoms with Gasteiger partial charge in [-0.05, 0) is 76.4 Å². The van der Waals surface area contributed by atoms with Gasteiger partial charge in [-0.2, -0.15) is 4.31 Å². The van der Waals surface area contributed by atoms with E-state index in [1.54, 1.807) is 12.1 Å². The molecule has 0 radical (unpaired) electrons. The predicted molar refractivity (Wildman–Crippen MR) is 102 cm³/mol. The van der Waals surface area contributed by atoms with Gasteiger partial charge in [-0.25, -0.2) is 8.42 Å². The van der Waals surface area contributed by atoms with Crippen molar-refractivity contribution in [2.75, 3.05) is 39.3 Å². The number of nitrogens with one attached hydrogen (secondary N) is 1. The number of rotatable bonds is 7. The number of nitrogens with zero attached hydrogens (tertiary/aromatic N) is 2. The Hall–Kier alpha value is -1.44. The number of benzene rings is 1. The minimum Gasteiger partial charge on any atom is -0.352 e. The summed E-state index contributed by atoms with van der Waals surface area (Å²) in [6, 6.07) is 4.86. The molecule has 0 aromatic heterocycles. The Bertz CT molecular complexity index is 736. The molecule has 0 aliphatic carbocycles. The zero-order valence-electron chi connectivity index (χ0n) is 15.5. The van der Waals surface area contributed by atoms with Gasteiger partial charge < -0.3 is 10.2 Å². The molecule has 0 unspecified atom stereocenters. The van der Waals surface area contributed by atoms with Gasteiger partial charge in [0.25, 0.3) is 5.91 Å². The van der Waals surface area contributed by atoms with Crippen molar-refractivity contribution < 1.29 is 13.2 Å². The topological polar surface area (TPSA) is 69.7 Å². The maximum Gasteiger partial charge on any atom is 0.251 e. The molecule has 7 heteroatoms. The van der Waals surface area contributed by atoms with Crippen LogP contribution in [0.4, 0.5) is 0 Å². The molecule has 0 spiro atoms. The average molecular weight is 380 g/mol. The molecule has 2 aliphatic rings. The highest BCUT2D eigenvalue weighted by Gasteiger charge is 2.28. The van der Waals surface area contributed by atoms with Crippen molar-refractivity contribution in [3.05, 3.63) is 29.3 Å². The van der Waals surface area contributed by atoms with Crippen molar-refractivity contribution in [1.82, 2.24) is 14.5 Å². The lowest BCUT2D eigenvalue weighted by atomic mass is 10.1. The van der Waals surface area contributed by atoms with Crippen LogP contribution >= 0.6 is 0 Å². The fourth-order valence-corrected chi connectivity index (χ4v) is 5.23. The van der Waals surface area contributed by atoms with Crippen LogP contribution in [0.2, 0.25) is 0 Å². The molecular formula is C19H29N3O3S. The fourth-order valence-electron chi connectivity index (χ4n) is 3.69. The van der Waals surface area contributed by atoms with Crippen molar-refractivity contribution in [3.8, 4) is 0 Å². The molecule has 0 saturated carbocycles. The van der Waals surface area contributed by atoms with Crippen LogP contribution in [-0.4, -0.2) is 62.8 Å². The van der Waals surface area contributed by atoms with Gasteiger partial charge in [0.05, 0.1) is 4.90 Å². The highest BCUT2D eigenvalue weighted by Crippen LogP contribution is 2.23. The SMILES string of the molecule is Cc1ccc(S(=O)(=O)N2CCCC2)cc1C(=O)NCCCN1CCCC1. The normalized spacial score (nSPS) is 19.1. The zero-order valence-corrected chi connectivity index (χ0v) is 16.4. The summed E-state index contributed by atoms with van der Waals surface area (Å²) in [5, 5.41) is 2.94. The van der Waals surface area contributed by atoms with Crippen LogP contribution in [0.15, 0.2) is 23.1 Å². The van der Waals surface area contributed by atoms with Crippen LogP contribution in [0.3, 0.4) is 0 Å². The number of sulfonamides is 1. The standard InChI is InChI=1S/C19H29N3O3S/c1-16-7-8-17(26(24,25)22-13-4-5-14-22)15-18(16)19(23)20-9-6-12-21-10-2-3-11-21/h7-8,15H,2-6,9-14H2,1H3,(H,20,23). The molecule has 3 rings (SSSR count). The van der Waals surface area contributed by atoms with Gasteiger partial charge in [-0.3, -0.25) is 4.79 Å². The van der Waals surface area contributed by atoms with E-state index < -0.39 is 10.0 Å². The van der Waals surface area contributed by atoms with Crippen molar-refractivity contribution in [2.45, 2.75) is 43.9 Å². The number of likely N-dealkylation sites (tertiary alicyclic amines) is 1. The lowest BCUT2D eigenvalue weighted by molar-refractivity contribution is 0.0951. The molecule has 1 aromatic rings. The molecule has 0 bridgehead atoms. The van der Waals surface area contributed by atoms with E-state index in [0.717, 1.165) is 44.5 Å². The van der Waals surface area contributed by atoms with Gasteiger partial charge in [-0.15, -0.1) is 0 Å². The summed E-state index contributed by atoms with van der Waals surface area (Å²) in [6.45, 7) is 6.89. The van der Waals surface area contributed by atoms with Gasteiger partial charge in [0.15, 0.2) is 0 Å². The van der Waals surface area contributed by atoms with Gasteiger partial charge in [-0.1, -0.05) is 6.07 Å². The first-order valence-corrected chi connectivity index (χ1v) is 11.0. The molecule has 26 heavy (non-hydrogen) atoms. The third-order valence-electron chi connectivity index (χ3n) is 5.29. The maximum absolute atomic E-state index is 12.7. The summed E-state index contributed by atoms with van der Waals surface area (Å²) in [6.07, 6.45) is 5.25. The second-order valence-corrected chi connectivity index (χ2v) is 9.18. The monoisotopic (exact) mass is 379 g/mol. The Morgan fingerprint density at radius 1 is 1.08 bits per heavy atom. The number of carbonyl (C=O) groups excluding carboxylic acids is 1. The first kappa shape index (κ1) is 19.3. The number of aryl methyl sites for hydroxylation is 1. The van der Waals surface area contributed by atoms with Crippen LogP contribution in [0, 0.1) is 6.92 Å². The largest absolute Gasteiger partial charge is 0.352 e. The molecule has 6 nitrogen and oxygen atoms in total. The third-order valence-corrected chi connectivity index (χ3v) is 7.19. The number of carbonyl (C=O) groups is 1. The van der Waals surface area contributed by atoms with E-state index in [0.29, 0.717) is 25.2 Å². The first-order valence-electron chi connectivity index (χ1n) is 9.60. The molecule has 2 saturated heterocycles. The van der Waals surface area contributed by atoms with E-state index >= 15 is 0 Å². The number of hydrogen-bond acceptors (Lipinski definition) is 4. The van der Waals surface area contributed by atoms with Gasteiger partial charge in [0.2, 0.25) is 10.0 Å². The lowest BCUT2D eigenvalue weighted by Crippen LogP contribution is -2.30. The number of hydrogen-bond donors (Lipinski definition) is 1. The Morgan fingerprint density at radius 3 is 2.42 bits per heavy atom. The molecule has 2 fully saturated rings. The van der Waals surface area contributed by atoms with E-state index in [9.17, 15) is 13.2 Å². The molecule has 1 aromatic carbocycles. The van der Waals surface area contributed by atoms with Crippen molar-refractivity contribution in [2.24, 2.45) is 0 Å². The molecule has 2 aliphatic heterocycles. The van der Waals surface area contributed by atoms with Crippen molar-refractivity contribution in [1.29, 1.82) is 0 Å². The minimum atomic E-state index is -3.50. The summed E-state index contributed by atoms with van der Waals surface area (Å²) >= 11 is 0. The minimum absolute atomic E-state index is 0.192. The Balaban J connectivity index is 1.62. The summed E-state index contributed by atoms with van der Waals surface area (Å²) in [7, 11) is -3.50. The van der Waals surface area contributed by atoms with Crippen LogP contribution in [-0.2, 0) is 10.0 Å². The second-order valence-electron chi connectivity index (χ2n) is 7.25. The maximum atomic E-state index is 12.7. The second kappa shape index (κ2) is 8.50. The average Bonchev–Trinajstić information content (AvgIpc) is 3.32.